The lowest BCUT2D eigenvalue weighted by atomic mass is 10.2. The van der Waals surface area contributed by atoms with Crippen molar-refractivity contribution < 1.29 is 4.74 Å². The Hall–Kier alpha value is -4.69. The Labute approximate surface area is 191 Å². The lowest BCUT2D eigenvalue weighted by Crippen LogP contribution is -2.02. The molecule has 0 radical (unpaired) electrons. The number of nitrogens with zero attached hydrogens (tertiary/aromatic N) is 6. The molecule has 0 atom stereocenters. The maximum atomic E-state index is 9.48. The molecule has 8 heteroatoms. The minimum Gasteiger partial charge on any atom is -0.494 e. The predicted molar refractivity (Wildman–Crippen MR) is 123 cm³/mol. The Morgan fingerprint density at radius 3 is 2.39 bits per heavy atom. The van der Waals surface area contributed by atoms with E-state index in [9.17, 15) is 5.26 Å². The van der Waals surface area contributed by atoms with E-state index in [1.54, 1.807) is 24.5 Å². The average Bonchev–Trinajstić information content (AvgIpc) is 3.32. The molecule has 4 rings (SSSR count). The van der Waals surface area contributed by atoms with Gasteiger partial charge in [-0.25, -0.2) is 4.68 Å². The molecule has 8 nitrogen and oxygen atoms in total. The van der Waals surface area contributed by atoms with Crippen LogP contribution in [0.25, 0.3) is 17.1 Å². The normalized spacial score (nSPS) is 10.2. The van der Waals surface area contributed by atoms with Gasteiger partial charge in [0.1, 0.15) is 11.8 Å². The van der Waals surface area contributed by atoms with E-state index in [0.717, 1.165) is 34.7 Å². The van der Waals surface area contributed by atoms with Gasteiger partial charge in [-0.05, 0) is 60.5 Å². The molecule has 0 fully saturated rings. The molecule has 4 aromatic rings. The summed E-state index contributed by atoms with van der Waals surface area (Å²) in [6.07, 6.45) is 4.56. The molecule has 0 bridgehead atoms. The van der Waals surface area contributed by atoms with Crippen molar-refractivity contribution in [3.63, 3.8) is 0 Å². The fraction of sp³-hybridized carbons (Fsp3) is 0.160. The number of aromatic nitrogens is 4. The summed E-state index contributed by atoms with van der Waals surface area (Å²) in [7, 11) is 0. The van der Waals surface area contributed by atoms with E-state index in [4.69, 9.17) is 10.00 Å². The van der Waals surface area contributed by atoms with Crippen LogP contribution in [0.1, 0.15) is 24.2 Å². The number of hydrogen-bond acceptors (Lipinski definition) is 7. The third-order valence-corrected chi connectivity index (χ3v) is 4.88. The molecule has 2 aromatic carbocycles. The molecule has 162 valence electrons. The van der Waals surface area contributed by atoms with Crippen molar-refractivity contribution in [3.05, 3.63) is 84.4 Å². The predicted octanol–water partition coefficient (Wildman–Crippen LogP) is 4.50. The molecule has 0 saturated heterocycles. The summed E-state index contributed by atoms with van der Waals surface area (Å²) < 4.78 is 7.16. The molecule has 0 spiro atoms. The van der Waals surface area contributed by atoms with Gasteiger partial charge in [0.2, 0.25) is 5.82 Å². The topological polar surface area (TPSA) is 112 Å². The van der Waals surface area contributed by atoms with Gasteiger partial charge < -0.3 is 10.1 Å². The van der Waals surface area contributed by atoms with Crippen LogP contribution >= 0.6 is 0 Å². The summed E-state index contributed by atoms with van der Waals surface area (Å²) in [5.74, 6) is 1.50. The SMILES string of the molecule is N#CCCCOc1ccc(CNc2ccc(-n3nc(-c4ccncc4)nc3C#N)cc2)cc1. The summed E-state index contributed by atoms with van der Waals surface area (Å²) in [6, 6.07) is 23.4. The lowest BCUT2D eigenvalue weighted by molar-refractivity contribution is 0.312. The second-order valence-corrected chi connectivity index (χ2v) is 7.17. The molecule has 0 unspecified atom stereocenters. The third kappa shape index (κ3) is 5.52. The smallest absolute Gasteiger partial charge is 0.236 e. The number of hydrogen-bond donors (Lipinski definition) is 1. The number of benzene rings is 2. The molecule has 33 heavy (non-hydrogen) atoms. The van der Waals surface area contributed by atoms with Crippen LogP contribution in [-0.2, 0) is 6.54 Å². The summed E-state index contributed by atoms with van der Waals surface area (Å²) in [5, 5.41) is 25.9. The van der Waals surface area contributed by atoms with Gasteiger partial charge in [0, 0.05) is 36.6 Å². The Morgan fingerprint density at radius 2 is 1.70 bits per heavy atom. The van der Waals surface area contributed by atoms with Crippen LogP contribution in [0.2, 0.25) is 0 Å². The van der Waals surface area contributed by atoms with E-state index in [0.29, 0.717) is 25.4 Å². The van der Waals surface area contributed by atoms with Gasteiger partial charge in [-0.1, -0.05) is 12.1 Å². The van der Waals surface area contributed by atoms with Gasteiger partial charge in [-0.2, -0.15) is 15.5 Å². The quantitative estimate of drug-likeness (QED) is 0.385. The molecule has 0 aliphatic rings. The summed E-state index contributed by atoms with van der Waals surface area (Å²) in [4.78, 5) is 8.33. The molecular weight excluding hydrogens is 414 g/mol. The number of pyridine rings is 1. The van der Waals surface area contributed by atoms with Gasteiger partial charge in [0.05, 0.1) is 18.4 Å². The second kappa shape index (κ2) is 10.6. The van der Waals surface area contributed by atoms with Crippen molar-refractivity contribution in [3.8, 4) is 35.0 Å². The van der Waals surface area contributed by atoms with Gasteiger partial charge in [0.15, 0.2) is 5.82 Å². The fourth-order valence-electron chi connectivity index (χ4n) is 3.16. The van der Waals surface area contributed by atoms with Crippen molar-refractivity contribution in [2.75, 3.05) is 11.9 Å². The maximum absolute atomic E-state index is 9.48. The van der Waals surface area contributed by atoms with Crippen LogP contribution in [0.3, 0.4) is 0 Å². The molecule has 2 heterocycles. The number of unbranched alkanes of at least 4 members (excludes halogenated alkanes) is 1. The summed E-state index contributed by atoms with van der Waals surface area (Å²) in [6.45, 7) is 1.20. The molecule has 0 aliphatic carbocycles. The zero-order valence-electron chi connectivity index (χ0n) is 17.8. The van der Waals surface area contributed by atoms with E-state index < -0.39 is 0 Å². The first-order valence-corrected chi connectivity index (χ1v) is 10.5. The first kappa shape index (κ1) is 21.5. The van der Waals surface area contributed by atoms with Crippen LogP contribution in [0, 0.1) is 22.7 Å². The lowest BCUT2D eigenvalue weighted by Gasteiger charge is -2.09. The van der Waals surface area contributed by atoms with Crippen LogP contribution in [0.15, 0.2) is 73.1 Å². The standard InChI is InChI=1S/C25H21N7O/c26-13-1-2-16-33-23-9-3-19(4-10-23)18-29-21-5-7-22(8-6-21)32-24(17-27)30-25(31-32)20-11-14-28-15-12-20/h3-12,14-15,29H,1-2,16,18H2. The van der Waals surface area contributed by atoms with Crippen LogP contribution in [-0.4, -0.2) is 26.4 Å². The monoisotopic (exact) mass is 435 g/mol. The van der Waals surface area contributed by atoms with Gasteiger partial charge >= 0.3 is 0 Å². The number of nitrogens with one attached hydrogen (secondary N) is 1. The maximum Gasteiger partial charge on any atom is 0.236 e. The minimum absolute atomic E-state index is 0.220. The highest BCUT2D eigenvalue weighted by atomic mass is 16.5. The van der Waals surface area contributed by atoms with E-state index in [1.165, 1.54) is 4.68 Å². The van der Waals surface area contributed by atoms with Gasteiger partial charge in [-0.15, -0.1) is 5.10 Å². The zero-order valence-corrected chi connectivity index (χ0v) is 17.8. The van der Waals surface area contributed by atoms with Crippen molar-refractivity contribution in [1.82, 2.24) is 19.7 Å². The first-order chi connectivity index (χ1) is 16.3. The number of nitriles is 2. The molecule has 0 aliphatic heterocycles. The van der Waals surface area contributed by atoms with Crippen molar-refractivity contribution in [1.29, 1.82) is 10.5 Å². The van der Waals surface area contributed by atoms with E-state index in [1.807, 2.05) is 48.5 Å². The molecule has 2 aromatic heterocycles. The van der Waals surface area contributed by atoms with Crippen LogP contribution < -0.4 is 10.1 Å². The van der Waals surface area contributed by atoms with Crippen LogP contribution in [0.5, 0.6) is 5.75 Å². The highest BCUT2D eigenvalue weighted by Gasteiger charge is 2.12. The Kier molecular flexibility index (Phi) is 6.89. The molecular formula is C25H21N7O. The minimum atomic E-state index is 0.220. The van der Waals surface area contributed by atoms with Crippen molar-refractivity contribution in [2.24, 2.45) is 0 Å². The van der Waals surface area contributed by atoms with Crippen LogP contribution in [0.4, 0.5) is 5.69 Å². The van der Waals surface area contributed by atoms with Gasteiger partial charge in [0.25, 0.3) is 0 Å². The van der Waals surface area contributed by atoms with E-state index >= 15 is 0 Å². The summed E-state index contributed by atoms with van der Waals surface area (Å²) >= 11 is 0. The zero-order chi connectivity index (χ0) is 22.9. The molecule has 0 saturated carbocycles. The Balaban J connectivity index is 1.38. The largest absolute Gasteiger partial charge is 0.494 e. The molecule has 1 N–H and O–H groups in total. The average molecular weight is 435 g/mol. The highest BCUT2D eigenvalue weighted by Crippen LogP contribution is 2.20. The highest BCUT2D eigenvalue weighted by molar-refractivity contribution is 5.55. The summed E-state index contributed by atoms with van der Waals surface area (Å²) in [5.41, 5.74) is 3.62. The van der Waals surface area contributed by atoms with E-state index in [-0.39, 0.29) is 5.82 Å². The molecule has 0 amide bonds. The second-order valence-electron chi connectivity index (χ2n) is 7.17. The first-order valence-electron chi connectivity index (χ1n) is 10.5. The van der Waals surface area contributed by atoms with Crippen molar-refractivity contribution in [2.45, 2.75) is 19.4 Å². The number of anilines is 1. The number of ether oxygens (including phenoxy) is 1. The Bertz CT molecular complexity index is 1270. The third-order valence-electron chi connectivity index (χ3n) is 4.88. The van der Waals surface area contributed by atoms with Crippen molar-refractivity contribution >= 4 is 5.69 Å². The number of rotatable bonds is 9. The fourth-order valence-corrected chi connectivity index (χ4v) is 3.16. The Morgan fingerprint density at radius 1 is 0.939 bits per heavy atom. The van der Waals surface area contributed by atoms with Gasteiger partial charge in [-0.3, -0.25) is 4.98 Å². The van der Waals surface area contributed by atoms with E-state index in [2.05, 4.69) is 32.5 Å².